The number of anilines is 2. The minimum atomic E-state index is -0.544. The number of aryl methyl sites for hydroxylation is 1. The zero-order chi connectivity index (χ0) is 18.0. The van der Waals surface area contributed by atoms with Crippen LogP contribution in [0.15, 0.2) is 42.5 Å². The largest absolute Gasteiger partial charge is 0.495 e. The molecule has 0 aromatic heterocycles. The van der Waals surface area contributed by atoms with Crippen molar-refractivity contribution in [1.82, 2.24) is 0 Å². The highest BCUT2D eigenvalue weighted by Crippen LogP contribution is 2.34. The summed E-state index contributed by atoms with van der Waals surface area (Å²) in [6.45, 7) is 2.16. The number of nitrogens with zero attached hydrogens (tertiary/aromatic N) is 1. The highest BCUT2D eigenvalue weighted by molar-refractivity contribution is 6.04. The van der Waals surface area contributed by atoms with E-state index in [1.54, 1.807) is 23.1 Å². The van der Waals surface area contributed by atoms with Gasteiger partial charge >= 0.3 is 0 Å². The molecule has 1 fully saturated rings. The number of ether oxygens (including phenoxy) is 1. The smallest absolute Gasteiger partial charge is 0.229 e. The number of para-hydroxylation sites is 1. The van der Waals surface area contributed by atoms with Gasteiger partial charge in [-0.25, -0.2) is 4.39 Å². The molecule has 1 aliphatic rings. The number of benzene rings is 2. The minimum absolute atomic E-state index is 0.0807. The first-order valence-electron chi connectivity index (χ1n) is 8.00. The lowest BCUT2D eigenvalue weighted by atomic mass is 10.1. The number of rotatable bonds is 4. The van der Waals surface area contributed by atoms with Crippen LogP contribution in [0.4, 0.5) is 15.8 Å². The molecule has 0 bridgehead atoms. The molecule has 1 aliphatic heterocycles. The van der Waals surface area contributed by atoms with E-state index in [-0.39, 0.29) is 30.5 Å². The summed E-state index contributed by atoms with van der Waals surface area (Å²) in [4.78, 5) is 26.4. The van der Waals surface area contributed by atoms with Crippen molar-refractivity contribution in [2.45, 2.75) is 13.3 Å². The average molecular weight is 342 g/mol. The van der Waals surface area contributed by atoms with Gasteiger partial charge in [0.05, 0.1) is 24.4 Å². The van der Waals surface area contributed by atoms with E-state index in [1.807, 2.05) is 19.1 Å². The summed E-state index contributed by atoms with van der Waals surface area (Å²) in [7, 11) is 1.54. The van der Waals surface area contributed by atoms with Crippen molar-refractivity contribution in [3.8, 4) is 5.75 Å². The Morgan fingerprint density at radius 1 is 1.28 bits per heavy atom. The van der Waals surface area contributed by atoms with E-state index in [0.29, 0.717) is 11.4 Å². The maximum absolute atomic E-state index is 13.7. The molecule has 6 heteroatoms. The molecule has 1 saturated heterocycles. The van der Waals surface area contributed by atoms with Crippen LogP contribution in [0.25, 0.3) is 0 Å². The first-order valence-corrected chi connectivity index (χ1v) is 8.00. The zero-order valence-corrected chi connectivity index (χ0v) is 14.1. The molecule has 5 nitrogen and oxygen atoms in total. The molecule has 0 radical (unpaired) electrons. The quantitative estimate of drug-likeness (QED) is 0.929. The van der Waals surface area contributed by atoms with E-state index in [2.05, 4.69) is 5.32 Å². The molecule has 1 N–H and O–H groups in total. The molecule has 1 atom stereocenters. The van der Waals surface area contributed by atoms with Crippen molar-refractivity contribution in [1.29, 1.82) is 0 Å². The summed E-state index contributed by atoms with van der Waals surface area (Å²) < 4.78 is 19.0. The second-order valence-corrected chi connectivity index (χ2v) is 6.05. The molecule has 2 aromatic rings. The van der Waals surface area contributed by atoms with Crippen LogP contribution < -0.4 is 15.0 Å². The average Bonchev–Trinajstić information content (AvgIpc) is 2.98. The van der Waals surface area contributed by atoms with Crippen LogP contribution in [0.3, 0.4) is 0 Å². The van der Waals surface area contributed by atoms with Gasteiger partial charge in [0, 0.05) is 13.0 Å². The Kier molecular flexibility index (Phi) is 4.70. The maximum Gasteiger partial charge on any atom is 0.229 e. The van der Waals surface area contributed by atoms with Gasteiger partial charge in [-0.05, 0) is 36.8 Å². The van der Waals surface area contributed by atoms with Gasteiger partial charge in [-0.1, -0.05) is 18.2 Å². The zero-order valence-electron chi connectivity index (χ0n) is 14.1. The first kappa shape index (κ1) is 17.0. The van der Waals surface area contributed by atoms with Crippen molar-refractivity contribution in [2.75, 3.05) is 23.9 Å². The summed E-state index contributed by atoms with van der Waals surface area (Å²) in [5.41, 5.74) is 1.75. The van der Waals surface area contributed by atoms with E-state index in [9.17, 15) is 14.0 Å². The minimum Gasteiger partial charge on any atom is -0.495 e. The number of hydrogen-bond donors (Lipinski definition) is 1. The van der Waals surface area contributed by atoms with Crippen molar-refractivity contribution in [3.63, 3.8) is 0 Å². The van der Waals surface area contributed by atoms with Crippen LogP contribution >= 0.6 is 0 Å². The van der Waals surface area contributed by atoms with Crippen molar-refractivity contribution in [2.24, 2.45) is 5.92 Å². The number of halogens is 1. The second kappa shape index (κ2) is 6.93. The summed E-state index contributed by atoms with van der Waals surface area (Å²) in [5.74, 6) is -0.992. The topological polar surface area (TPSA) is 58.6 Å². The molecule has 25 heavy (non-hydrogen) atoms. The molecule has 3 rings (SSSR count). The Morgan fingerprint density at radius 2 is 2.04 bits per heavy atom. The predicted octanol–water partition coefficient (Wildman–Crippen LogP) is 3.13. The number of amides is 2. The maximum atomic E-state index is 13.7. The number of nitrogens with one attached hydrogen (secondary N) is 1. The van der Waals surface area contributed by atoms with E-state index in [0.717, 1.165) is 5.56 Å². The number of hydrogen-bond acceptors (Lipinski definition) is 3. The van der Waals surface area contributed by atoms with Gasteiger partial charge in [0.25, 0.3) is 0 Å². The van der Waals surface area contributed by atoms with Crippen LogP contribution in [0, 0.1) is 18.7 Å². The van der Waals surface area contributed by atoms with Crippen LogP contribution in [-0.2, 0) is 9.59 Å². The fourth-order valence-corrected chi connectivity index (χ4v) is 2.92. The fourth-order valence-electron chi connectivity index (χ4n) is 2.92. The van der Waals surface area contributed by atoms with Crippen molar-refractivity contribution in [3.05, 3.63) is 53.8 Å². The Morgan fingerprint density at radius 3 is 2.76 bits per heavy atom. The highest BCUT2D eigenvalue weighted by Gasteiger charge is 2.36. The van der Waals surface area contributed by atoms with Gasteiger partial charge in [0.1, 0.15) is 11.6 Å². The normalized spacial score (nSPS) is 16.8. The molecule has 1 heterocycles. The third-order valence-electron chi connectivity index (χ3n) is 4.25. The Labute approximate surface area is 145 Å². The molecule has 2 amide bonds. The third kappa shape index (κ3) is 3.47. The number of carbonyl (C=O) groups excluding carboxylic acids is 2. The number of carbonyl (C=O) groups is 2. The monoisotopic (exact) mass is 342 g/mol. The van der Waals surface area contributed by atoms with E-state index >= 15 is 0 Å². The summed E-state index contributed by atoms with van der Waals surface area (Å²) in [5, 5.41) is 2.56. The Bertz CT molecular complexity index is 822. The van der Waals surface area contributed by atoms with Crippen LogP contribution in [0.5, 0.6) is 5.75 Å². The lowest BCUT2D eigenvalue weighted by Crippen LogP contribution is -2.28. The highest BCUT2D eigenvalue weighted by atomic mass is 19.1. The molecule has 0 spiro atoms. The standard InChI is InChI=1S/C19H19FN2O3/c1-12-7-8-17(25-2)16(9-12)22-11-13(10-18(22)23)19(24)21-15-6-4-3-5-14(15)20/h3-9,13H,10-11H2,1-2H3,(H,21,24)/t13-/m0/s1. The summed E-state index contributed by atoms with van der Waals surface area (Å²) >= 11 is 0. The van der Waals surface area contributed by atoms with Gasteiger partial charge in [0.2, 0.25) is 11.8 Å². The Balaban J connectivity index is 1.78. The van der Waals surface area contributed by atoms with Gasteiger partial charge in [0.15, 0.2) is 0 Å². The molecule has 0 unspecified atom stereocenters. The Hall–Kier alpha value is -2.89. The third-order valence-corrected chi connectivity index (χ3v) is 4.25. The van der Waals surface area contributed by atoms with Crippen molar-refractivity contribution >= 4 is 23.2 Å². The summed E-state index contributed by atoms with van der Waals surface area (Å²) in [6, 6.07) is 11.5. The first-order chi connectivity index (χ1) is 12.0. The van der Waals surface area contributed by atoms with Gasteiger partial charge in [-0.15, -0.1) is 0 Å². The van der Waals surface area contributed by atoms with E-state index < -0.39 is 11.7 Å². The second-order valence-electron chi connectivity index (χ2n) is 6.05. The molecule has 0 aliphatic carbocycles. The van der Waals surface area contributed by atoms with Gasteiger partial charge in [-0.3, -0.25) is 9.59 Å². The molecule has 2 aromatic carbocycles. The van der Waals surface area contributed by atoms with E-state index in [1.165, 1.54) is 19.2 Å². The predicted molar refractivity (Wildman–Crippen MR) is 93.2 cm³/mol. The van der Waals surface area contributed by atoms with Gasteiger partial charge in [-0.2, -0.15) is 0 Å². The van der Waals surface area contributed by atoms with Gasteiger partial charge < -0.3 is 15.0 Å². The van der Waals surface area contributed by atoms with Crippen molar-refractivity contribution < 1.29 is 18.7 Å². The molecular weight excluding hydrogens is 323 g/mol. The van der Waals surface area contributed by atoms with Crippen LogP contribution in [-0.4, -0.2) is 25.5 Å². The molecule has 0 saturated carbocycles. The SMILES string of the molecule is COc1ccc(C)cc1N1C[C@@H](C(=O)Nc2ccccc2F)CC1=O. The van der Waals surface area contributed by atoms with E-state index in [4.69, 9.17) is 4.74 Å². The fraction of sp³-hybridized carbons (Fsp3) is 0.263. The van der Waals surface area contributed by atoms with Crippen LogP contribution in [0.1, 0.15) is 12.0 Å². The van der Waals surface area contributed by atoms with Crippen LogP contribution in [0.2, 0.25) is 0 Å². The summed E-state index contributed by atoms with van der Waals surface area (Å²) in [6.07, 6.45) is 0.0807. The molecule has 130 valence electrons. The number of methoxy groups -OCH3 is 1. The lowest BCUT2D eigenvalue weighted by Gasteiger charge is -2.20. The molecular formula is C19H19FN2O3. The lowest BCUT2D eigenvalue weighted by molar-refractivity contribution is -0.122.